The molecule has 0 unspecified atom stereocenters. The highest BCUT2D eigenvalue weighted by Crippen LogP contribution is 2.31. The van der Waals surface area contributed by atoms with E-state index in [1.54, 1.807) is 26.4 Å². The van der Waals surface area contributed by atoms with Crippen molar-refractivity contribution in [1.29, 1.82) is 0 Å². The minimum atomic E-state index is -0.0295. The highest BCUT2D eigenvalue weighted by atomic mass is 35.5. The molecule has 6 heteroatoms. The van der Waals surface area contributed by atoms with Gasteiger partial charge >= 0.3 is 0 Å². The summed E-state index contributed by atoms with van der Waals surface area (Å²) in [6.45, 7) is 3.75. The van der Waals surface area contributed by atoms with Gasteiger partial charge in [-0.2, -0.15) is 0 Å². The SMILES string of the molecule is COc1cccc(C(=O)N2CCN(Cc3ccccc3Cl)CC2)c1OC. The number of rotatable bonds is 5. The van der Waals surface area contributed by atoms with Crippen molar-refractivity contribution in [2.45, 2.75) is 6.54 Å². The molecular formula is C20H23ClN2O3. The second-order valence-electron chi connectivity index (χ2n) is 6.20. The van der Waals surface area contributed by atoms with Crippen molar-refractivity contribution in [3.8, 4) is 11.5 Å². The number of ether oxygens (including phenoxy) is 2. The Balaban J connectivity index is 1.65. The van der Waals surface area contributed by atoms with Gasteiger partial charge in [-0.1, -0.05) is 35.9 Å². The Kier molecular flexibility index (Phi) is 6.01. The summed E-state index contributed by atoms with van der Waals surface area (Å²) in [6, 6.07) is 13.3. The summed E-state index contributed by atoms with van der Waals surface area (Å²) in [5.74, 6) is 1.02. The lowest BCUT2D eigenvalue weighted by molar-refractivity contribution is 0.0624. The number of para-hydroxylation sites is 1. The number of nitrogens with zero attached hydrogens (tertiary/aromatic N) is 2. The number of benzene rings is 2. The van der Waals surface area contributed by atoms with Gasteiger partial charge in [-0.05, 0) is 23.8 Å². The van der Waals surface area contributed by atoms with Gasteiger partial charge in [0.15, 0.2) is 11.5 Å². The van der Waals surface area contributed by atoms with Gasteiger partial charge in [0.25, 0.3) is 5.91 Å². The van der Waals surface area contributed by atoms with Crippen LogP contribution in [-0.4, -0.2) is 56.1 Å². The molecule has 1 aliphatic rings. The Hall–Kier alpha value is -2.24. The fourth-order valence-corrected chi connectivity index (χ4v) is 3.40. The standard InChI is InChI=1S/C20H23ClN2O3/c1-25-18-9-5-7-16(19(18)26-2)20(24)23-12-10-22(11-13-23)14-15-6-3-4-8-17(15)21/h3-9H,10-14H2,1-2H3. The quantitative estimate of drug-likeness (QED) is 0.805. The fourth-order valence-electron chi connectivity index (χ4n) is 3.20. The summed E-state index contributed by atoms with van der Waals surface area (Å²) < 4.78 is 10.7. The van der Waals surface area contributed by atoms with Crippen molar-refractivity contribution in [3.05, 3.63) is 58.6 Å². The molecule has 0 radical (unpaired) electrons. The van der Waals surface area contributed by atoms with Crippen molar-refractivity contribution in [1.82, 2.24) is 9.80 Å². The lowest BCUT2D eigenvalue weighted by atomic mass is 10.1. The van der Waals surface area contributed by atoms with E-state index in [0.29, 0.717) is 30.2 Å². The van der Waals surface area contributed by atoms with Gasteiger partial charge in [0.05, 0.1) is 19.8 Å². The van der Waals surface area contributed by atoms with Crippen LogP contribution in [0.5, 0.6) is 11.5 Å². The summed E-state index contributed by atoms with van der Waals surface area (Å²) in [4.78, 5) is 17.1. The lowest BCUT2D eigenvalue weighted by Gasteiger charge is -2.35. The van der Waals surface area contributed by atoms with Crippen LogP contribution < -0.4 is 9.47 Å². The molecule has 2 aromatic rings. The van der Waals surface area contributed by atoms with Gasteiger partial charge in [0.1, 0.15) is 0 Å². The molecule has 1 saturated heterocycles. The van der Waals surface area contributed by atoms with Crippen molar-refractivity contribution in [2.75, 3.05) is 40.4 Å². The monoisotopic (exact) mass is 374 g/mol. The number of carbonyl (C=O) groups excluding carboxylic acids is 1. The molecule has 5 nitrogen and oxygen atoms in total. The smallest absolute Gasteiger partial charge is 0.257 e. The number of amides is 1. The van der Waals surface area contributed by atoms with Crippen molar-refractivity contribution in [2.24, 2.45) is 0 Å². The van der Waals surface area contributed by atoms with Crippen LogP contribution in [0, 0.1) is 0 Å². The number of hydrogen-bond acceptors (Lipinski definition) is 4. The van der Waals surface area contributed by atoms with E-state index in [2.05, 4.69) is 4.90 Å². The van der Waals surface area contributed by atoms with E-state index in [1.807, 2.05) is 35.2 Å². The third kappa shape index (κ3) is 3.94. The molecule has 0 aromatic heterocycles. The van der Waals surface area contributed by atoms with Crippen LogP contribution in [-0.2, 0) is 6.54 Å². The molecule has 0 spiro atoms. The molecule has 0 bridgehead atoms. The van der Waals surface area contributed by atoms with Crippen molar-refractivity contribution in [3.63, 3.8) is 0 Å². The Labute approximate surface area is 159 Å². The van der Waals surface area contributed by atoms with Crippen LogP contribution in [0.3, 0.4) is 0 Å². The maximum Gasteiger partial charge on any atom is 0.257 e. The lowest BCUT2D eigenvalue weighted by Crippen LogP contribution is -2.48. The molecule has 1 amide bonds. The maximum absolute atomic E-state index is 12.9. The van der Waals surface area contributed by atoms with E-state index >= 15 is 0 Å². The van der Waals surface area contributed by atoms with Gasteiger partial charge in [-0.15, -0.1) is 0 Å². The first-order chi connectivity index (χ1) is 12.6. The normalized spacial score (nSPS) is 15.0. The Morgan fingerprint density at radius 3 is 2.38 bits per heavy atom. The Morgan fingerprint density at radius 2 is 1.73 bits per heavy atom. The van der Waals surface area contributed by atoms with Crippen LogP contribution >= 0.6 is 11.6 Å². The summed E-state index contributed by atoms with van der Waals surface area (Å²) >= 11 is 6.25. The first-order valence-electron chi connectivity index (χ1n) is 8.60. The zero-order valence-electron chi connectivity index (χ0n) is 15.1. The number of methoxy groups -OCH3 is 2. The van der Waals surface area contributed by atoms with Crippen molar-refractivity contribution >= 4 is 17.5 Å². The van der Waals surface area contributed by atoms with E-state index in [4.69, 9.17) is 21.1 Å². The Morgan fingerprint density at radius 1 is 1.00 bits per heavy atom. The highest BCUT2D eigenvalue weighted by molar-refractivity contribution is 6.31. The second-order valence-corrected chi connectivity index (χ2v) is 6.61. The van der Waals surface area contributed by atoms with E-state index < -0.39 is 0 Å². The van der Waals surface area contributed by atoms with E-state index in [1.165, 1.54) is 0 Å². The Bertz CT molecular complexity index is 773. The van der Waals surface area contributed by atoms with E-state index in [0.717, 1.165) is 30.2 Å². The van der Waals surface area contributed by atoms with Gasteiger partial charge in [0, 0.05) is 37.7 Å². The third-order valence-electron chi connectivity index (χ3n) is 4.64. The largest absolute Gasteiger partial charge is 0.493 e. The first kappa shape index (κ1) is 18.5. The second kappa shape index (κ2) is 8.43. The first-order valence-corrected chi connectivity index (χ1v) is 8.98. The number of hydrogen-bond donors (Lipinski definition) is 0. The number of carbonyl (C=O) groups is 1. The fraction of sp³-hybridized carbons (Fsp3) is 0.350. The average molecular weight is 375 g/mol. The predicted molar refractivity (Wildman–Crippen MR) is 102 cm³/mol. The molecule has 1 aliphatic heterocycles. The molecule has 3 rings (SSSR count). The van der Waals surface area contributed by atoms with Crippen LogP contribution in [0.2, 0.25) is 5.02 Å². The van der Waals surface area contributed by atoms with E-state index in [-0.39, 0.29) is 5.91 Å². The van der Waals surface area contributed by atoms with Gasteiger partial charge in [-0.3, -0.25) is 9.69 Å². The van der Waals surface area contributed by atoms with Crippen LogP contribution in [0.25, 0.3) is 0 Å². The number of halogens is 1. The molecule has 1 heterocycles. The third-order valence-corrected chi connectivity index (χ3v) is 5.01. The number of piperazine rings is 1. The summed E-state index contributed by atoms with van der Waals surface area (Å²) in [5.41, 5.74) is 1.65. The summed E-state index contributed by atoms with van der Waals surface area (Å²) in [5, 5.41) is 0.784. The molecule has 26 heavy (non-hydrogen) atoms. The van der Waals surface area contributed by atoms with Crippen molar-refractivity contribution < 1.29 is 14.3 Å². The zero-order chi connectivity index (χ0) is 18.5. The average Bonchev–Trinajstić information content (AvgIpc) is 2.69. The molecule has 0 saturated carbocycles. The minimum absolute atomic E-state index is 0.0295. The molecule has 138 valence electrons. The van der Waals surface area contributed by atoms with Gasteiger partial charge in [0.2, 0.25) is 0 Å². The molecule has 0 aliphatic carbocycles. The van der Waals surface area contributed by atoms with Crippen LogP contribution in [0.4, 0.5) is 0 Å². The van der Waals surface area contributed by atoms with Crippen LogP contribution in [0.1, 0.15) is 15.9 Å². The molecule has 0 atom stereocenters. The topological polar surface area (TPSA) is 42.0 Å². The van der Waals surface area contributed by atoms with Gasteiger partial charge in [-0.25, -0.2) is 0 Å². The summed E-state index contributed by atoms with van der Waals surface area (Å²) in [7, 11) is 3.12. The molecule has 1 fully saturated rings. The minimum Gasteiger partial charge on any atom is -0.493 e. The predicted octanol–water partition coefficient (Wildman–Crippen LogP) is 3.32. The summed E-state index contributed by atoms with van der Waals surface area (Å²) in [6.07, 6.45) is 0. The van der Waals surface area contributed by atoms with Crippen LogP contribution in [0.15, 0.2) is 42.5 Å². The van der Waals surface area contributed by atoms with Gasteiger partial charge < -0.3 is 14.4 Å². The van der Waals surface area contributed by atoms with E-state index in [9.17, 15) is 4.79 Å². The highest BCUT2D eigenvalue weighted by Gasteiger charge is 2.25. The zero-order valence-corrected chi connectivity index (χ0v) is 15.8. The molecule has 2 aromatic carbocycles. The maximum atomic E-state index is 12.9. The molecular weight excluding hydrogens is 352 g/mol. The molecule has 0 N–H and O–H groups in total.